The maximum Gasteiger partial charge on any atom is 0.124 e. The van der Waals surface area contributed by atoms with E-state index in [1.165, 1.54) is 0 Å². The molecule has 1 aliphatic carbocycles. The number of aliphatic hydroxyl groups is 1. The summed E-state index contributed by atoms with van der Waals surface area (Å²) in [7, 11) is 0. The minimum absolute atomic E-state index is 0.0588. The van der Waals surface area contributed by atoms with Gasteiger partial charge in [-0.2, -0.15) is 0 Å². The van der Waals surface area contributed by atoms with Crippen molar-refractivity contribution < 1.29 is 9.84 Å². The highest BCUT2D eigenvalue weighted by atomic mass is 79.9. The summed E-state index contributed by atoms with van der Waals surface area (Å²) >= 11 is 3.51. The van der Waals surface area contributed by atoms with Crippen molar-refractivity contribution in [1.29, 1.82) is 0 Å². The molecule has 4 heteroatoms. The molecule has 21 heavy (non-hydrogen) atoms. The monoisotopic (exact) mass is 355 g/mol. The van der Waals surface area contributed by atoms with Gasteiger partial charge in [-0.15, -0.1) is 0 Å². The zero-order valence-corrected chi connectivity index (χ0v) is 14.8. The molecule has 0 atom stereocenters. The molecule has 0 aromatic heterocycles. The largest absolute Gasteiger partial charge is 0.490 e. The van der Waals surface area contributed by atoms with E-state index < -0.39 is 5.60 Å². The van der Waals surface area contributed by atoms with Gasteiger partial charge in [-0.05, 0) is 51.8 Å². The molecule has 1 saturated carbocycles. The molecule has 0 aliphatic heterocycles. The van der Waals surface area contributed by atoms with E-state index in [1.54, 1.807) is 0 Å². The molecule has 0 bridgehead atoms. The van der Waals surface area contributed by atoms with Crippen molar-refractivity contribution >= 4 is 15.9 Å². The van der Waals surface area contributed by atoms with E-state index in [2.05, 4.69) is 48.1 Å². The minimum atomic E-state index is -0.637. The van der Waals surface area contributed by atoms with E-state index in [9.17, 15) is 5.11 Å². The lowest BCUT2D eigenvalue weighted by Crippen LogP contribution is -2.35. The van der Waals surface area contributed by atoms with E-state index in [0.717, 1.165) is 48.0 Å². The lowest BCUT2D eigenvalue weighted by molar-refractivity contribution is 0.00108. The number of ether oxygens (including phenoxy) is 1. The van der Waals surface area contributed by atoms with Gasteiger partial charge in [-0.25, -0.2) is 0 Å². The Morgan fingerprint density at radius 2 is 1.95 bits per heavy atom. The smallest absolute Gasteiger partial charge is 0.124 e. The number of rotatable bonds is 5. The van der Waals surface area contributed by atoms with Gasteiger partial charge in [0.15, 0.2) is 0 Å². The second-order valence-corrected chi connectivity index (χ2v) is 7.99. The van der Waals surface area contributed by atoms with Gasteiger partial charge in [-0.1, -0.05) is 28.8 Å². The first-order chi connectivity index (χ1) is 9.77. The number of hydrogen-bond acceptors (Lipinski definition) is 3. The van der Waals surface area contributed by atoms with E-state index in [-0.39, 0.29) is 5.54 Å². The molecule has 0 amide bonds. The molecule has 0 spiro atoms. The second-order valence-electron chi connectivity index (χ2n) is 7.08. The molecule has 1 fully saturated rings. The van der Waals surface area contributed by atoms with Crippen molar-refractivity contribution in [2.24, 2.45) is 0 Å². The standard InChI is InChI=1S/C17H26BrNO2/c1-16(2,3)19-11-13-10-14(18)6-7-15(13)21-12-17(20)8-4-5-9-17/h6-7,10,19-20H,4-5,8-9,11-12H2,1-3H3. The summed E-state index contributed by atoms with van der Waals surface area (Å²) in [6, 6.07) is 6.03. The normalized spacial score (nSPS) is 18.0. The first kappa shape index (κ1) is 16.8. The van der Waals surface area contributed by atoms with Gasteiger partial charge in [0.1, 0.15) is 12.4 Å². The zero-order chi connectivity index (χ0) is 15.5. The lowest BCUT2D eigenvalue weighted by atomic mass is 10.0. The van der Waals surface area contributed by atoms with Gasteiger partial charge in [0.25, 0.3) is 0 Å². The predicted molar refractivity (Wildman–Crippen MR) is 89.6 cm³/mol. The topological polar surface area (TPSA) is 41.5 Å². The number of halogens is 1. The van der Waals surface area contributed by atoms with Crippen LogP contribution in [0.2, 0.25) is 0 Å². The van der Waals surface area contributed by atoms with E-state index >= 15 is 0 Å². The van der Waals surface area contributed by atoms with Crippen molar-refractivity contribution in [2.45, 2.75) is 64.1 Å². The first-order valence-corrected chi connectivity index (χ1v) is 8.45. The highest BCUT2D eigenvalue weighted by Crippen LogP contribution is 2.31. The lowest BCUT2D eigenvalue weighted by Gasteiger charge is -2.25. The molecule has 1 aromatic rings. The quantitative estimate of drug-likeness (QED) is 0.837. The van der Waals surface area contributed by atoms with Crippen LogP contribution in [-0.4, -0.2) is 22.9 Å². The molecule has 3 nitrogen and oxygen atoms in total. The van der Waals surface area contributed by atoms with Gasteiger partial charge < -0.3 is 15.2 Å². The zero-order valence-electron chi connectivity index (χ0n) is 13.2. The molecule has 1 aromatic carbocycles. The molecular formula is C17H26BrNO2. The summed E-state index contributed by atoms with van der Waals surface area (Å²) in [6.07, 6.45) is 3.88. The second kappa shape index (κ2) is 6.67. The Hall–Kier alpha value is -0.580. The maximum absolute atomic E-state index is 10.4. The molecule has 0 radical (unpaired) electrons. The Balaban J connectivity index is 2.04. The van der Waals surface area contributed by atoms with Crippen LogP contribution in [0.1, 0.15) is 52.0 Å². The van der Waals surface area contributed by atoms with Crippen molar-refractivity contribution in [2.75, 3.05) is 6.61 Å². The van der Waals surface area contributed by atoms with Crippen molar-refractivity contribution in [1.82, 2.24) is 5.32 Å². The summed E-state index contributed by atoms with van der Waals surface area (Å²) in [4.78, 5) is 0. The van der Waals surface area contributed by atoms with Crippen LogP contribution in [0.15, 0.2) is 22.7 Å². The van der Waals surface area contributed by atoms with Crippen LogP contribution in [-0.2, 0) is 6.54 Å². The third kappa shape index (κ3) is 5.28. The Morgan fingerprint density at radius 1 is 1.29 bits per heavy atom. The molecule has 2 N–H and O–H groups in total. The van der Waals surface area contributed by atoms with Crippen molar-refractivity contribution in [3.63, 3.8) is 0 Å². The van der Waals surface area contributed by atoms with Gasteiger partial charge in [0.05, 0.1) is 5.60 Å². The molecule has 2 rings (SSSR count). The highest BCUT2D eigenvalue weighted by Gasteiger charge is 2.32. The first-order valence-electron chi connectivity index (χ1n) is 7.66. The Bertz CT molecular complexity index is 476. The average molecular weight is 356 g/mol. The van der Waals surface area contributed by atoms with Crippen LogP contribution in [0.5, 0.6) is 5.75 Å². The molecule has 1 aliphatic rings. The Morgan fingerprint density at radius 3 is 2.57 bits per heavy atom. The predicted octanol–water partition coefficient (Wildman–Crippen LogP) is 4.02. The highest BCUT2D eigenvalue weighted by molar-refractivity contribution is 9.10. The van der Waals surface area contributed by atoms with Crippen LogP contribution in [0.4, 0.5) is 0 Å². The fraction of sp³-hybridized carbons (Fsp3) is 0.647. The molecule has 118 valence electrons. The summed E-state index contributed by atoms with van der Waals surface area (Å²) in [5.74, 6) is 0.857. The SMILES string of the molecule is CC(C)(C)NCc1cc(Br)ccc1OCC1(O)CCCC1. The van der Waals surface area contributed by atoms with Crippen LogP contribution in [0, 0.1) is 0 Å². The fourth-order valence-electron chi connectivity index (χ4n) is 2.58. The van der Waals surface area contributed by atoms with Crippen LogP contribution in [0.25, 0.3) is 0 Å². The Kier molecular flexibility index (Phi) is 5.33. The number of nitrogens with one attached hydrogen (secondary N) is 1. The van der Waals surface area contributed by atoms with Gasteiger partial charge in [0, 0.05) is 22.1 Å². The summed E-state index contributed by atoms with van der Waals surface area (Å²) < 4.78 is 6.98. The third-order valence-corrected chi connectivity index (χ3v) is 4.36. The summed E-state index contributed by atoms with van der Waals surface area (Å²) in [5.41, 5.74) is 0.534. The van der Waals surface area contributed by atoms with Crippen LogP contribution >= 0.6 is 15.9 Å². The molecular weight excluding hydrogens is 330 g/mol. The third-order valence-electron chi connectivity index (χ3n) is 3.86. The van der Waals surface area contributed by atoms with Gasteiger partial charge in [0.2, 0.25) is 0 Å². The summed E-state index contributed by atoms with van der Waals surface area (Å²) in [5, 5.41) is 13.9. The van der Waals surface area contributed by atoms with Gasteiger partial charge >= 0.3 is 0 Å². The van der Waals surface area contributed by atoms with E-state index in [1.807, 2.05) is 12.1 Å². The van der Waals surface area contributed by atoms with Crippen molar-refractivity contribution in [3.05, 3.63) is 28.2 Å². The Labute approximate surface area is 136 Å². The van der Waals surface area contributed by atoms with Gasteiger partial charge in [-0.3, -0.25) is 0 Å². The van der Waals surface area contributed by atoms with Crippen LogP contribution in [0.3, 0.4) is 0 Å². The van der Waals surface area contributed by atoms with E-state index in [4.69, 9.17) is 4.74 Å². The number of benzene rings is 1. The maximum atomic E-state index is 10.4. The molecule has 0 heterocycles. The minimum Gasteiger partial charge on any atom is -0.490 e. The van der Waals surface area contributed by atoms with Crippen molar-refractivity contribution in [3.8, 4) is 5.75 Å². The molecule has 0 saturated heterocycles. The fourth-order valence-corrected chi connectivity index (χ4v) is 2.99. The van der Waals surface area contributed by atoms with Crippen LogP contribution < -0.4 is 10.1 Å². The van der Waals surface area contributed by atoms with E-state index in [0.29, 0.717) is 6.61 Å². The average Bonchev–Trinajstić information content (AvgIpc) is 2.82. The molecule has 0 unspecified atom stereocenters. The number of hydrogen-bond donors (Lipinski definition) is 2. The summed E-state index contributed by atoms with van der Waals surface area (Å²) in [6.45, 7) is 7.57.